The molecule has 2 heterocycles. The molecular formula is C22H33NO2Si. The Morgan fingerprint density at radius 2 is 1.85 bits per heavy atom. The number of β-lactam (4-membered cyclic amide) rings is 1. The van der Waals surface area contributed by atoms with Gasteiger partial charge in [-0.2, -0.15) is 0 Å². The summed E-state index contributed by atoms with van der Waals surface area (Å²) in [5.74, 6) is 0.265. The summed E-state index contributed by atoms with van der Waals surface area (Å²) in [4.78, 5) is 14.7. The average Bonchev–Trinajstić information content (AvgIpc) is 2.91. The maximum atomic E-state index is 12.7. The highest BCUT2D eigenvalue weighted by Crippen LogP contribution is 2.44. The Hall–Kier alpha value is -1.39. The summed E-state index contributed by atoms with van der Waals surface area (Å²) < 4.78 is 6.56. The van der Waals surface area contributed by atoms with Gasteiger partial charge in [0.1, 0.15) is 0 Å². The zero-order valence-electron chi connectivity index (χ0n) is 17.1. The molecule has 3 rings (SSSR count). The third-order valence-electron chi connectivity index (χ3n) is 6.51. The van der Waals surface area contributed by atoms with Gasteiger partial charge < -0.3 is 9.33 Å². The van der Waals surface area contributed by atoms with Gasteiger partial charge in [-0.15, -0.1) is 0 Å². The van der Waals surface area contributed by atoms with E-state index in [1.54, 1.807) is 0 Å². The molecule has 1 fully saturated rings. The molecule has 3 atom stereocenters. The summed E-state index contributed by atoms with van der Waals surface area (Å²) in [6.07, 6.45) is 4.32. The SMILES string of the molecule is C[C@@H](O[Si](C)(C)C(C)(C)C)[C@H]1C(=O)N2CC=C(CCc3ccccc3)[C@H]12. The van der Waals surface area contributed by atoms with Crippen molar-refractivity contribution in [2.45, 2.75) is 70.8 Å². The van der Waals surface area contributed by atoms with Crippen molar-refractivity contribution >= 4 is 14.2 Å². The Kier molecular flexibility index (Phi) is 5.19. The van der Waals surface area contributed by atoms with Crippen LogP contribution in [0.2, 0.25) is 18.1 Å². The lowest BCUT2D eigenvalue weighted by Crippen LogP contribution is -2.64. The molecule has 1 saturated heterocycles. The van der Waals surface area contributed by atoms with Crippen LogP contribution in [0.3, 0.4) is 0 Å². The second-order valence-corrected chi connectivity index (χ2v) is 14.1. The number of carbonyl (C=O) groups excluding carboxylic acids is 1. The molecular weight excluding hydrogens is 338 g/mol. The van der Waals surface area contributed by atoms with E-state index in [2.05, 4.69) is 77.2 Å². The Balaban J connectivity index is 1.66. The van der Waals surface area contributed by atoms with E-state index in [1.165, 1.54) is 11.1 Å². The fourth-order valence-corrected chi connectivity index (χ4v) is 5.33. The topological polar surface area (TPSA) is 29.5 Å². The molecule has 1 aromatic rings. The molecule has 2 aliphatic heterocycles. The first-order valence-corrected chi connectivity index (χ1v) is 12.7. The van der Waals surface area contributed by atoms with Crippen LogP contribution in [-0.4, -0.2) is 37.8 Å². The molecule has 0 aliphatic carbocycles. The van der Waals surface area contributed by atoms with Crippen LogP contribution < -0.4 is 0 Å². The first kappa shape index (κ1) is 19.4. The number of rotatable bonds is 6. The maximum absolute atomic E-state index is 12.7. The second kappa shape index (κ2) is 6.97. The highest BCUT2D eigenvalue weighted by atomic mass is 28.4. The van der Waals surface area contributed by atoms with Crippen molar-refractivity contribution < 1.29 is 9.22 Å². The number of carbonyl (C=O) groups is 1. The van der Waals surface area contributed by atoms with Gasteiger partial charge in [0, 0.05) is 6.54 Å². The van der Waals surface area contributed by atoms with Gasteiger partial charge in [-0.3, -0.25) is 4.79 Å². The van der Waals surface area contributed by atoms with Gasteiger partial charge in [-0.25, -0.2) is 0 Å². The number of hydrogen-bond acceptors (Lipinski definition) is 2. The van der Waals surface area contributed by atoms with Crippen LogP contribution in [-0.2, 0) is 15.6 Å². The van der Waals surface area contributed by atoms with E-state index in [0.29, 0.717) is 0 Å². The second-order valence-electron chi connectivity index (χ2n) is 9.31. The molecule has 0 aromatic heterocycles. The Bertz CT molecular complexity index is 690. The molecule has 26 heavy (non-hydrogen) atoms. The number of fused-ring (bicyclic) bond motifs is 1. The van der Waals surface area contributed by atoms with E-state index in [4.69, 9.17) is 4.43 Å². The summed E-state index contributed by atoms with van der Waals surface area (Å²) in [5.41, 5.74) is 2.78. The molecule has 3 nitrogen and oxygen atoms in total. The smallest absolute Gasteiger partial charge is 0.231 e. The van der Waals surface area contributed by atoms with Crippen LogP contribution in [0.5, 0.6) is 0 Å². The number of nitrogens with zero attached hydrogens (tertiary/aromatic N) is 1. The maximum Gasteiger partial charge on any atom is 0.231 e. The highest BCUT2D eigenvalue weighted by Gasteiger charge is 2.54. The average molecular weight is 372 g/mol. The fourth-order valence-electron chi connectivity index (χ4n) is 3.90. The van der Waals surface area contributed by atoms with E-state index in [1.807, 2.05) is 4.90 Å². The summed E-state index contributed by atoms with van der Waals surface area (Å²) in [6.45, 7) is 14.2. The quantitative estimate of drug-likeness (QED) is 0.408. The van der Waals surface area contributed by atoms with Crippen LogP contribution in [0.4, 0.5) is 0 Å². The van der Waals surface area contributed by atoms with Crippen molar-refractivity contribution in [1.29, 1.82) is 0 Å². The van der Waals surface area contributed by atoms with Gasteiger partial charge >= 0.3 is 0 Å². The monoisotopic (exact) mass is 371 g/mol. The highest BCUT2D eigenvalue weighted by molar-refractivity contribution is 6.74. The molecule has 2 aliphatic rings. The normalized spacial score (nSPS) is 24.2. The van der Waals surface area contributed by atoms with E-state index >= 15 is 0 Å². The lowest BCUT2D eigenvalue weighted by Gasteiger charge is -2.49. The summed E-state index contributed by atoms with van der Waals surface area (Å²) in [7, 11) is -1.87. The van der Waals surface area contributed by atoms with Crippen LogP contribution >= 0.6 is 0 Å². The number of aryl methyl sites for hydroxylation is 1. The molecule has 0 spiro atoms. The minimum Gasteiger partial charge on any atom is -0.413 e. The third-order valence-corrected chi connectivity index (χ3v) is 11.1. The first-order chi connectivity index (χ1) is 12.1. The summed E-state index contributed by atoms with van der Waals surface area (Å²) >= 11 is 0. The van der Waals surface area contributed by atoms with E-state index < -0.39 is 8.32 Å². The Morgan fingerprint density at radius 3 is 2.46 bits per heavy atom. The molecule has 142 valence electrons. The predicted octanol–water partition coefficient (Wildman–Crippen LogP) is 4.80. The van der Waals surface area contributed by atoms with Gasteiger partial charge in [0.2, 0.25) is 5.91 Å². The molecule has 0 saturated carbocycles. The van der Waals surface area contributed by atoms with Crippen LogP contribution in [0.25, 0.3) is 0 Å². The van der Waals surface area contributed by atoms with Crippen LogP contribution in [0.1, 0.15) is 39.7 Å². The predicted molar refractivity (Wildman–Crippen MR) is 110 cm³/mol. The van der Waals surface area contributed by atoms with Crippen molar-refractivity contribution in [3.63, 3.8) is 0 Å². The van der Waals surface area contributed by atoms with Crippen LogP contribution in [0.15, 0.2) is 42.0 Å². The van der Waals surface area contributed by atoms with Gasteiger partial charge in [-0.1, -0.05) is 57.2 Å². The number of amides is 1. The van der Waals surface area contributed by atoms with Crippen molar-refractivity contribution in [3.8, 4) is 0 Å². The van der Waals surface area contributed by atoms with Crippen LogP contribution in [0, 0.1) is 5.92 Å². The van der Waals surface area contributed by atoms with E-state index in [-0.39, 0.29) is 29.0 Å². The fraction of sp³-hybridized carbons (Fsp3) is 0.591. The Labute approximate surface area is 159 Å². The van der Waals surface area contributed by atoms with Gasteiger partial charge in [0.25, 0.3) is 0 Å². The third kappa shape index (κ3) is 3.54. The molecule has 1 aromatic carbocycles. The largest absolute Gasteiger partial charge is 0.413 e. The molecule has 4 heteroatoms. The molecule has 0 bridgehead atoms. The molecule has 0 radical (unpaired) electrons. The summed E-state index contributed by atoms with van der Waals surface area (Å²) in [6, 6.07) is 10.9. The van der Waals surface area contributed by atoms with Crippen molar-refractivity contribution in [2.75, 3.05) is 6.54 Å². The molecule has 1 amide bonds. The van der Waals surface area contributed by atoms with Gasteiger partial charge in [-0.05, 0) is 49.0 Å². The lowest BCUT2D eigenvalue weighted by molar-refractivity contribution is -0.157. The minimum absolute atomic E-state index is 0.00588. The van der Waals surface area contributed by atoms with E-state index in [9.17, 15) is 4.79 Å². The number of hydrogen-bond donors (Lipinski definition) is 0. The van der Waals surface area contributed by atoms with Crippen molar-refractivity contribution in [2.24, 2.45) is 5.92 Å². The lowest BCUT2D eigenvalue weighted by atomic mass is 9.80. The first-order valence-electron chi connectivity index (χ1n) is 9.83. The van der Waals surface area contributed by atoms with Crippen molar-refractivity contribution in [3.05, 3.63) is 47.5 Å². The minimum atomic E-state index is -1.87. The number of benzene rings is 1. The zero-order valence-corrected chi connectivity index (χ0v) is 18.1. The zero-order chi connectivity index (χ0) is 19.1. The van der Waals surface area contributed by atoms with Crippen molar-refractivity contribution in [1.82, 2.24) is 4.90 Å². The molecule has 0 N–H and O–H groups in total. The van der Waals surface area contributed by atoms with Gasteiger partial charge in [0.15, 0.2) is 8.32 Å². The Morgan fingerprint density at radius 1 is 1.19 bits per heavy atom. The van der Waals surface area contributed by atoms with E-state index in [0.717, 1.165) is 19.4 Å². The van der Waals surface area contributed by atoms with Gasteiger partial charge in [0.05, 0.1) is 18.1 Å². The molecule has 0 unspecified atom stereocenters. The standard InChI is InChI=1S/C22H33NO2Si/c1-16(25-26(5,6)22(2,3)4)19-20-18(14-15-23(20)21(19)24)13-12-17-10-8-7-9-11-17/h7-11,14,16,19-20H,12-13,15H2,1-6H3/t16-,19-,20-/m1/s1. The summed E-state index contributed by atoms with van der Waals surface area (Å²) in [5, 5.41) is 0.162.